The van der Waals surface area contributed by atoms with Gasteiger partial charge in [0.05, 0.1) is 17.9 Å². The zero-order valence-electron chi connectivity index (χ0n) is 12.3. The summed E-state index contributed by atoms with van der Waals surface area (Å²) in [6.07, 6.45) is 2.39. The lowest BCUT2D eigenvalue weighted by molar-refractivity contribution is 0.0723. The highest BCUT2D eigenvalue weighted by Gasteiger charge is 2.35. The van der Waals surface area contributed by atoms with E-state index in [0.29, 0.717) is 18.4 Å². The molecule has 1 saturated heterocycles. The molecule has 0 spiro atoms. The van der Waals surface area contributed by atoms with Crippen LogP contribution in [0.15, 0.2) is 16.8 Å². The summed E-state index contributed by atoms with van der Waals surface area (Å²) in [5, 5.41) is 3.90. The van der Waals surface area contributed by atoms with Crippen LogP contribution in [0.25, 0.3) is 0 Å². The molecule has 0 radical (unpaired) electrons. The zero-order chi connectivity index (χ0) is 15.9. The molecular weight excluding hydrogens is 292 g/mol. The molecular formula is C15H15F2N3O2. The van der Waals surface area contributed by atoms with Crippen LogP contribution in [0.4, 0.5) is 8.78 Å². The molecule has 0 N–H and O–H groups in total. The number of carbonyl (C=O) groups excluding carboxylic acids is 1. The first kappa shape index (κ1) is 14.6. The van der Waals surface area contributed by atoms with Crippen molar-refractivity contribution in [1.29, 1.82) is 0 Å². The smallest absolute Gasteiger partial charge is 0.276 e. The molecule has 1 aliphatic heterocycles. The molecule has 22 heavy (non-hydrogen) atoms. The molecule has 3 rings (SSSR count). The van der Waals surface area contributed by atoms with Gasteiger partial charge < -0.3 is 9.42 Å². The summed E-state index contributed by atoms with van der Waals surface area (Å²) in [6.45, 7) is 4.09. The van der Waals surface area contributed by atoms with Crippen molar-refractivity contribution in [2.75, 3.05) is 6.54 Å². The minimum Gasteiger partial charge on any atom is -0.361 e. The second kappa shape index (κ2) is 5.47. The Balaban J connectivity index is 1.95. The second-order valence-electron chi connectivity index (χ2n) is 5.38. The summed E-state index contributed by atoms with van der Waals surface area (Å²) < 4.78 is 31.9. The molecule has 1 atom stereocenters. The summed E-state index contributed by atoms with van der Waals surface area (Å²) in [5.74, 6) is -1.65. The van der Waals surface area contributed by atoms with Crippen molar-refractivity contribution in [3.63, 3.8) is 0 Å². The van der Waals surface area contributed by atoms with E-state index in [1.165, 1.54) is 0 Å². The van der Waals surface area contributed by atoms with Crippen molar-refractivity contribution in [2.45, 2.75) is 32.7 Å². The normalized spacial score (nSPS) is 18.0. The van der Waals surface area contributed by atoms with E-state index in [4.69, 9.17) is 4.52 Å². The van der Waals surface area contributed by atoms with E-state index in [1.807, 2.05) is 6.92 Å². The average molecular weight is 307 g/mol. The fraction of sp³-hybridized carbons (Fsp3) is 0.400. The van der Waals surface area contributed by atoms with Gasteiger partial charge in [-0.25, -0.2) is 13.8 Å². The fourth-order valence-electron chi connectivity index (χ4n) is 2.98. The van der Waals surface area contributed by atoms with E-state index >= 15 is 0 Å². The van der Waals surface area contributed by atoms with Crippen LogP contribution in [-0.4, -0.2) is 27.5 Å². The first-order valence-corrected chi connectivity index (χ1v) is 7.04. The molecule has 116 valence electrons. The van der Waals surface area contributed by atoms with Gasteiger partial charge in [-0.1, -0.05) is 5.16 Å². The third kappa shape index (κ3) is 2.36. The standard InChI is InChI=1S/C15H15F2N3O2/c1-8-13(9(2)22-19-8)12-4-3-5-20(12)15(21)14-11(17)6-10(16)7-18-14/h6-7,12H,3-5H2,1-2H3/t12-/m0/s1. The maximum atomic E-state index is 13.8. The molecule has 3 heterocycles. The Morgan fingerprint density at radius 1 is 1.41 bits per heavy atom. The molecule has 2 aromatic rings. The predicted molar refractivity (Wildman–Crippen MR) is 73.1 cm³/mol. The van der Waals surface area contributed by atoms with Crippen LogP contribution in [0, 0.1) is 25.5 Å². The Bertz CT molecular complexity index is 710. The topological polar surface area (TPSA) is 59.2 Å². The van der Waals surface area contributed by atoms with Crippen LogP contribution < -0.4 is 0 Å². The van der Waals surface area contributed by atoms with Crippen LogP contribution in [0.2, 0.25) is 0 Å². The molecule has 5 nitrogen and oxygen atoms in total. The monoisotopic (exact) mass is 307 g/mol. The lowest BCUT2D eigenvalue weighted by atomic mass is 10.0. The highest BCUT2D eigenvalue weighted by atomic mass is 19.1. The summed E-state index contributed by atoms with van der Waals surface area (Å²) >= 11 is 0. The highest BCUT2D eigenvalue weighted by molar-refractivity contribution is 5.93. The maximum Gasteiger partial charge on any atom is 0.276 e. The van der Waals surface area contributed by atoms with Crippen LogP contribution in [0.1, 0.15) is 46.4 Å². The van der Waals surface area contributed by atoms with Gasteiger partial charge >= 0.3 is 0 Å². The highest BCUT2D eigenvalue weighted by Crippen LogP contribution is 2.36. The van der Waals surface area contributed by atoms with Gasteiger partial charge in [0.15, 0.2) is 11.5 Å². The number of aromatic nitrogens is 2. The zero-order valence-corrected chi connectivity index (χ0v) is 12.3. The largest absolute Gasteiger partial charge is 0.361 e. The van der Waals surface area contributed by atoms with E-state index < -0.39 is 17.5 Å². The first-order valence-electron chi connectivity index (χ1n) is 7.04. The molecule has 1 fully saturated rings. The minimum absolute atomic E-state index is 0.218. The van der Waals surface area contributed by atoms with Crippen molar-refractivity contribution >= 4 is 5.91 Å². The molecule has 1 amide bonds. The van der Waals surface area contributed by atoms with Gasteiger partial charge in [0.25, 0.3) is 5.91 Å². The lowest BCUT2D eigenvalue weighted by Crippen LogP contribution is -2.32. The number of halogens is 2. The summed E-state index contributed by atoms with van der Waals surface area (Å²) in [7, 11) is 0. The number of aryl methyl sites for hydroxylation is 2. The Morgan fingerprint density at radius 2 is 2.18 bits per heavy atom. The Morgan fingerprint density at radius 3 is 2.82 bits per heavy atom. The number of likely N-dealkylation sites (tertiary alicyclic amines) is 1. The fourth-order valence-corrected chi connectivity index (χ4v) is 2.98. The third-order valence-electron chi connectivity index (χ3n) is 3.95. The van der Waals surface area contributed by atoms with E-state index in [1.54, 1.807) is 11.8 Å². The Kier molecular flexibility index (Phi) is 3.64. The predicted octanol–water partition coefficient (Wildman–Crippen LogP) is 2.94. The first-order chi connectivity index (χ1) is 10.5. The number of pyridine rings is 1. The van der Waals surface area contributed by atoms with Gasteiger partial charge in [-0.05, 0) is 26.7 Å². The van der Waals surface area contributed by atoms with Crippen molar-refractivity contribution in [1.82, 2.24) is 15.0 Å². The number of rotatable bonds is 2. The summed E-state index contributed by atoms with van der Waals surface area (Å²) in [5.41, 5.74) is 1.21. The summed E-state index contributed by atoms with van der Waals surface area (Å²) in [6, 6.07) is 0.450. The van der Waals surface area contributed by atoms with Crippen LogP contribution in [0.5, 0.6) is 0 Å². The van der Waals surface area contributed by atoms with Gasteiger partial charge in [-0.3, -0.25) is 4.79 Å². The van der Waals surface area contributed by atoms with Crippen molar-refractivity contribution < 1.29 is 18.1 Å². The Hall–Kier alpha value is -2.31. The number of nitrogens with zero attached hydrogens (tertiary/aromatic N) is 3. The molecule has 1 aliphatic rings. The molecule has 0 aromatic carbocycles. The Labute approximate surface area is 125 Å². The minimum atomic E-state index is -0.950. The van der Waals surface area contributed by atoms with Crippen LogP contribution in [-0.2, 0) is 0 Å². The second-order valence-corrected chi connectivity index (χ2v) is 5.38. The van der Waals surface area contributed by atoms with Crippen LogP contribution in [0.3, 0.4) is 0 Å². The van der Waals surface area contributed by atoms with E-state index in [9.17, 15) is 13.6 Å². The van der Waals surface area contributed by atoms with Gasteiger partial charge in [0, 0.05) is 18.2 Å². The van der Waals surface area contributed by atoms with E-state index in [-0.39, 0.29) is 11.7 Å². The molecule has 0 unspecified atom stereocenters. The van der Waals surface area contributed by atoms with Crippen LogP contribution >= 0.6 is 0 Å². The molecule has 0 aliphatic carbocycles. The molecule has 0 saturated carbocycles. The molecule has 0 bridgehead atoms. The quantitative estimate of drug-likeness (QED) is 0.856. The van der Waals surface area contributed by atoms with Gasteiger partial charge in [-0.15, -0.1) is 0 Å². The van der Waals surface area contributed by atoms with E-state index in [2.05, 4.69) is 10.1 Å². The molecule has 2 aromatic heterocycles. The third-order valence-corrected chi connectivity index (χ3v) is 3.95. The van der Waals surface area contributed by atoms with Gasteiger partial charge in [0.2, 0.25) is 0 Å². The lowest BCUT2D eigenvalue weighted by Gasteiger charge is -2.24. The summed E-state index contributed by atoms with van der Waals surface area (Å²) in [4.78, 5) is 17.7. The van der Waals surface area contributed by atoms with Crippen molar-refractivity contribution in [2.24, 2.45) is 0 Å². The van der Waals surface area contributed by atoms with E-state index in [0.717, 1.165) is 30.3 Å². The number of hydrogen-bond acceptors (Lipinski definition) is 4. The molecule has 7 heteroatoms. The number of hydrogen-bond donors (Lipinski definition) is 0. The number of amides is 1. The van der Waals surface area contributed by atoms with Crippen molar-refractivity contribution in [3.05, 3.63) is 46.6 Å². The van der Waals surface area contributed by atoms with Crippen molar-refractivity contribution in [3.8, 4) is 0 Å². The maximum absolute atomic E-state index is 13.8. The van der Waals surface area contributed by atoms with Gasteiger partial charge in [-0.2, -0.15) is 0 Å². The van der Waals surface area contributed by atoms with Gasteiger partial charge in [0.1, 0.15) is 11.6 Å². The number of carbonyl (C=O) groups is 1. The SMILES string of the molecule is Cc1noc(C)c1[C@@H]1CCCN1C(=O)c1ncc(F)cc1F. The average Bonchev–Trinajstić information content (AvgIpc) is 3.05.